The summed E-state index contributed by atoms with van der Waals surface area (Å²) in [6, 6.07) is 7.17. The minimum absolute atomic E-state index is 0.113. The molecule has 6 N–H and O–H groups in total. The molecule has 1 aliphatic heterocycles. The predicted molar refractivity (Wildman–Crippen MR) is 109 cm³/mol. The van der Waals surface area contributed by atoms with Crippen molar-refractivity contribution in [2.45, 2.75) is 18.8 Å². The van der Waals surface area contributed by atoms with Gasteiger partial charge in [-0.1, -0.05) is 6.07 Å². The fourth-order valence-electron chi connectivity index (χ4n) is 3.41. The third kappa shape index (κ3) is 4.43. The van der Waals surface area contributed by atoms with E-state index >= 15 is 0 Å². The van der Waals surface area contributed by atoms with Crippen LogP contribution in [0.5, 0.6) is 11.5 Å². The molecule has 1 aromatic heterocycles. The highest BCUT2D eigenvalue weighted by Gasteiger charge is 2.22. The Hall–Kier alpha value is -2.51. The molecule has 1 aliphatic rings. The Morgan fingerprint density at radius 3 is 2.85 bits per heavy atom. The molecular weight excluding hydrogens is 342 g/mol. The van der Waals surface area contributed by atoms with E-state index in [-0.39, 0.29) is 17.5 Å². The molecule has 2 heterocycles. The molecule has 0 aliphatic carbocycles. The fourth-order valence-corrected chi connectivity index (χ4v) is 3.41. The average molecular weight is 371 g/mol. The number of hydrogen-bond donors (Lipinski definition) is 4. The Labute approximate surface area is 160 Å². The quantitative estimate of drug-likeness (QED) is 0.615. The van der Waals surface area contributed by atoms with Gasteiger partial charge in [-0.05, 0) is 63.2 Å². The van der Waals surface area contributed by atoms with Crippen LogP contribution in [0.25, 0.3) is 11.3 Å². The SMILES string of the molecule is CN(C)CCOc1cccc(O)c1-c1cc(C2CCCNC2)c(N)c(N)n1. The van der Waals surface area contributed by atoms with Crippen molar-refractivity contribution in [3.05, 3.63) is 29.8 Å². The van der Waals surface area contributed by atoms with Crippen LogP contribution in [0, 0.1) is 0 Å². The van der Waals surface area contributed by atoms with Crippen LogP contribution in [0.1, 0.15) is 24.3 Å². The molecule has 2 aromatic rings. The maximum atomic E-state index is 10.5. The lowest BCUT2D eigenvalue weighted by molar-refractivity contribution is 0.261. The second kappa shape index (κ2) is 8.45. The molecule has 0 amide bonds. The molecule has 1 saturated heterocycles. The Kier molecular flexibility index (Phi) is 6.03. The summed E-state index contributed by atoms with van der Waals surface area (Å²) in [7, 11) is 3.97. The second-order valence-electron chi connectivity index (χ2n) is 7.24. The van der Waals surface area contributed by atoms with Crippen molar-refractivity contribution in [1.82, 2.24) is 15.2 Å². The summed E-state index contributed by atoms with van der Waals surface area (Å²) < 4.78 is 5.91. The number of ether oxygens (including phenoxy) is 1. The van der Waals surface area contributed by atoms with Gasteiger partial charge in [0.25, 0.3) is 0 Å². The number of hydrogen-bond acceptors (Lipinski definition) is 7. The number of likely N-dealkylation sites (N-methyl/N-ethyl adjacent to an activating group) is 1. The minimum Gasteiger partial charge on any atom is -0.507 e. The summed E-state index contributed by atoms with van der Waals surface area (Å²) in [5, 5.41) is 13.9. The fraction of sp³-hybridized carbons (Fsp3) is 0.450. The van der Waals surface area contributed by atoms with Gasteiger partial charge in [0.1, 0.15) is 23.9 Å². The first kappa shape index (κ1) is 19.3. The van der Waals surface area contributed by atoms with E-state index < -0.39 is 0 Å². The lowest BCUT2D eigenvalue weighted by atomic mass is 9.89. The van der Waals surface area contributed by atoms with Gasteiger partial charge in [0, 0.05) is 13.1 Å². The number of anilines is 2. The molecule has 1 aromatic carbocycles. The first-order chi connectivity index (χ1) is 13.0. The van der Waals surface area contributed by atoms with E-state index in [9.17, 15) is 5.11 Å². The molecule has 27 heavy (non-hydrogen) atoms. The zero-order valence-corrected chi connectivity index (χ0v) is 16.0. The van der Waals surface area contributed by atoms with E-state index in [4.69, 9.17) is 16.2 Å². The summed E-state index contributed by atoms with van der Waals surface area (Å²) in [6.07, 6.45) is 2.14. The third-order valence-corrected chi connectivity index (χ3v) is 4.91. The molecule has 146 valence electrons. The number of phenolic OH excluding ortho intramolecular Hbond substituents is 1. The Morgan fingerprint density at radius 1 is 1.33 bits per heavy atom. The Balaban J connectivity index is 1.99. The van der Waals surface area contributed by atoms with Gasteiger partial charge in [0.2, 0.25) is 0 Å². The van der Waals surface area contributed by atoms with E-state index in [1.54, 1.807) is 12.1 Å². The average Bonchev–Trinajstić information content (AvgIpc) is 2.64. The van der Waals surface area contributed by atoms with Gasteiger partial charge in [-0.15, -0.1) is 0 Å². The number of aromatic nitrogens is 1. The number of nitrogens with one attached hydrogen (secondary N) is 1. The number of nitrogens with zero attached hydrogens (tertiary/aromatic N) is 2. The number of aromatic hydroxyl groups is 1. The molecule has 1 atom stereocenters. The van der Waals surface area contributed by atoms with Crippen LogP contribution in [0.2, 0.25) is 0 Å². The number of pyridine rings is 1. The highest BCUT2D eigenvalue weighted by molar-refractivity contribution is 5.78. The topological polar surface area (TPSA) is 110 Å². The van der Waals surface area contributed by atoms with E-state index in [0.29, 0.717) is 29.3 Å². The zero-order valence-electron chi connectivity index (χ0n) is 16.0. The van der Waals surface area contributed by atoms with Crippen LogP contribution in [0.3, 0.4) is 0 Å². The molecule has 1 fully saturated rings. The smallest absolute Gasteiger partial charge is 0.147 e. The summed E-state index contributed by atoms with van der Waals surface area (Å²) in [5.41, 5.74) is 15.0. The van der Waals surface area contributed by atoms with Crippen LogP contribution >= 0.6 is 0 Å². The van der Waals surface area contributed by atoms with E-state index in [1.165, 1.54) is 0 Å². The van der Waals surface area contributed by atoms with Crippen LogP contribution in [0.15, 0.2) is 24.3 Å². The summed E-state index contributed by atoms with van der Waals surface area (Å²) in [6.45, 7) is 3.16. The van der Waals surface area contributed by atoms with Crippen molar-refractivity contribution in [2.75, 3.05) is 51.8 Å². The van der Waals surface area contributed by atoms with Crippen molar-refractivity contribution in [3.63, 3.8) is 0 Å². The van der Waals surface area contributed by atoms with Gasteiger partial charge in [-0.2, -0.15) is 0 Å². The van der Waals surface area contributed by atoms with Gasteiger partial charge in [-0.25, -0.2) is 4.98 Å². The lowest BCUT2D eigenvalue weighted by Gasteiger charge is -2.25. The van der Waals surface area contributed by atoms with E-state index in [2.05, 4.69) is 10.3 Å². The summed E-state index contributed by atoms with van der Waals surface area (Å²) >= 11 is 0. The molecular formula is C20H29N5O2. The van der Waals surface area contributed by atoms with Crippen LogP contribution in [-0.4, -0.2) is 55.3 Å². The summed E-state index contributed by atoms with van der Waals surface area (Å²) in [4.78, 5) is 6.48. The van der Waals surface area contributed by atoms with Crippen molar-refractivity contribution in [3.8, 4) is 22.8 Å². The second-order valence-corrected chi connectivity index (χ2v) is 7.24. The van der Waals surface area contributed by atoms with Crippen LogP contribution in [-0.2, 0) is 0 Å². The van der Waals surface area contributed by atoms with Crippen molar-refractivity contribution in [1.29, 1.82) is 0 Å². The van der Waals surface area contributed by atoms with Crippen LogP contribution < -0.4 is 21.5 Å². The first-order valence-corrected chi connectivity index (χ1v) is 9.34. The first-order valence-electron chi connectivity index (χ1n) is 9.34. The third-order valence-electron chi connectivity index (χ3n) is 4.91. The van der Waals surface area contributed by atoms with Crippen molar-refractivity contribution >= 4 is 11.5 Å². The van der Waals surface area contributed by atoms with Crippen molar-refractivity contribution < 1.29 is 9.84 Å². The normalized spacial score (nSPS) is 17.2. The Bertz CT molecular complexity index is 788. The van der Waals surface area contributed by atoms with Gasteiger partial charge >= 0.3 is 0 Å². The van der Waals surface area contributed by atoms with E-state index in [0.717, 1.165) is 38.0 Å². The Morgan fingerprint density at radius 2 is 2.15 bits per heavy atom. The number of nitrogens with two attached hydrogens (primary N) is 2. The molecule has 7 nitrogen and oxygen atoms in total. The van der Waals surface area contributed by atoms with Gasteiger partial charge < -0.3 is 31.5 Å². The minimum atomic E-state index is 0.113. The maximum Gasteiger partial charge on any atom is 0.147 e. The largest absolute Gasteiger partial charge is 0.507 e. The number of piperidine rings is 1. The molecule has 7 heteroatoms. The molecule has 0 spiro atoms. The highest BCUT2D eigenvalue weighted by Crippen LogP contribution is 2.40. The van der Waals surface area contributed by atoms with Crippen molar-refractivity contribution in [2.24, 2.45) is 0 Å². The summed E-state index contributed by atoms with van der Waals surface area (Å²) in [5.74, 6) is 1.27. The molecule has 0 saturated carbocycles. The highest BCUT2D eigenvalue weighted by atomic mass is 16.5. The van der Waals surface area contributed by atoms with Crippen LogP contribution in [0.4, 0.5) is 11.5 Å². The number of benzene rings is 1. The molecule has 1 unspecified atom stereocenters. The number of rotatable bonds is 6. The lowest BCUT2D eigenvalue weighted by Crippen LogP contribution is -2.29. The maximum absolute atomic E-state index is 10.5. The molecule has 0 radical (unpaired) electrons. The monoisotopic (exact) mass is 371 g/mol. The van der Waals surface area contributed by atoms with Gasteiger partial charge in [0.05, 0.1) is 16.9 Å². The number of phenols is 1. The standard InChI is InChI=1S/C20H29N5O2/c1-25(2)9-10-27-17-7-3-6-16(26)18(17)15-11-14(19(21)20(22)24-15)13-5-4-8-23-12-13/h3,6-7,11,13,23,26H,4-5,8-10,12,21H2,1-2H3,(H2,22,24). The van der Waals surface area contributed by atoms with Gasteiger partial charge in [0.15, 0.2) is 0 Å². The molecule has 3 rings (SSSR count). The predicted octanol–water partition coefficient (Wildman–Crippen LogP) is 2.03. The zero-order chi connectivity index (χ0) is 19.4. The van der Waals surface area contributed by atoms with E-state index in [1.807, 2.05) is 31.1 Å². The molecule has 0 bridgehead atoms. The van der Waals surface area contributed by atoms with Gasteiger partial charge in [-0.3, -0.25) is 0 Å². The number of nitrogen functional groups attached to an aromatic ring is 2.